The van der Waals surface area contributed by atoms with Crippen LogP contribution in [0.2, 0.25) is 0 Å². The summed E-state index contributed by atoms with van der Waals surface area (Å²) in [4.78, 5) is 26.1. The van der Waals surface area contributed by atoms with E-state index in [0.717, 1.165) is 4.90 Å². The molecule has 0 aliphatic heterocycles. The maximum atomic E-state index is 12.5. The van der Waals surface area contributed by atoms with Crippen LogP contribution in [0.3, 0.4) is 0 Å². The lowest BCUT2D eigenvalue weighted by atomic mass is 10.2. The second-order valence-electron chi connectivity index (χ2n) is 4.90. The van der Waals surface area contributed by atoms with Crippen LogP contribution in [0.4, 0.5) is 4.79 Å². The molecule has 1 heterocycles. The van der Waals surface area contributed by atoms with Gasteiger partial charge in [-0.05, 0) is 6.07 Å². The monoisotopic (exact) mass is 339 g/mol. The summed E-state index contributed by atoms with van der Waals surface area (Å²) in [5.41, 5.74) is 10.6. The van der Waals surface area contributed by atoms with Crippen molar-refractivity contribution in [2.75, 3.05) is 20.1 Å². The molecule has 0 spiro atoms. The van der Waals surface area contributed by atoms with E-state index < -0.39 is 22.0 Å². The number of amides is 3. The lowest BCUT2D eigenvalue weighted by Crippen LogP contribution is -2.39. The zero-order valence-electron chi connectivity index (χ0n) is 12.4. The Morgan fingerprint density at radius 3 is 2.52 bits per heavy atom. The van der Waals surface area contributed by atoms with Gasteiger partial charge >= 0.3 is 6.03 Å². The van der Waals surface area contributed by atoms with Crippen LogP contribution in [0.15, 0.2) is 29.2 Å². The topological polar surface area (TPSA) is 151 Å². The van der Waals surface area contributed by atoms with Gasteiger partial charge < -0.3 is 21.4 Å². The van der Waals surface area contributed by atoms with Crippen molar-refractivity contribution in [2.45, 2.75) is 4.90 Å². The van der Waals surface area contributed by atoms with E-state index in [4.69, 9.17) is 11.5 Å². The predicted molar refractivity (Wildman–Crippen MR) is 84.2 cm³/mol. The number of sulfonamides is 1. The minimum absolute atomic E-state index is 0.0561. The number of aromatic nitrogens is 1. The molecule has 3 amide bonds. The van der Waals surface area contributed by atoms with Crippen LogP contribution in [-0.2, 0) is 10.0 Å². The average molecular weight is 339 g/mol. The number of benzene rings is 1. The van der Waals surface area contributed by atoms with Gasteiger partial charge in [0.25, 0.3) is 5.91 Å². The van der Waals surface area contributed by atoms with Gasteiger partial charge in [-0.25, -0.2) is 17.9 Å². The molecule has 0 fully saturated rings. The number of nitrogens with two attached hydrogens (primary N) is 2. The molecule has 0 aliphatic carbocycles. The summed E-state index contributed by atoms with van der Waals surface area (Å²) in [6.07, 6.45) is 0. The fourth-order valence-electron chi connectivity index (χ4n) is 2.10. The van der Waals surface area contributed by atoms with E-state index in [1.807, 2.05) is 0 Å². The highest BCUT2D eigenvalue weighted by molar-refractivity contribution is 7.89. The Hall–Kier alpha value is -2.59. The molecule has 2 rings (SSSR count). The number of rotatable bonds is 6. The number of urea groups is 1. The summed E-state index contributed by atoms with van der Waals surface area (Å²) in [6, 6.07) is 5.90. The number of hydrogen-bond acceptors (Lipinski definition) is 4. The Labute approximate surface area is 132 Å². The third-order valence-corrected chi connectivity index (χ3v) is 4.83. The average Bonchev–Trinajstić information content (AvgIpc) is 2.87. The van der Waals surface area contributed by atoms with Crippen LogP contribution in [0, 0.1) is 0 Å². The Kier molecular flexibility index (Phi) is 4.57. The lowest BCUT2D eigenvalue weighted by molar-refractivity contribution is 0.0993. The normalized spacial score (nSPS) is 11.5. The van der Waals surface area contributed by atoms with Crippen molar-refractivity contribution < 1.29 is 18.0 Å². The molecule has 124 valence electrons. The highest BCUT2D eigenvalue weighted by Gasteiger charge is 2.26. The van der Waals surface area contributed by atoms with Crippen molar-refractivity contribution in [1.82, 2.24) is 14.6 Å². The minimum Gasteiger partial charge on any atom is -0.364 e. The molecule has 23 heavy (non-hydrogen) atoms. The van der Waals surface area contributed by atoms with Crippen molar-refractivity contribution in [1.29, 1.82) is 0 Å². The zero-order chi connectivity index (χ0) is 17.2. The Bertz CT molecular complexity index is 858. The van der Waals surface area contributed by atoms with Crippen molar-refractivity contribution in [2.24, 2.45) is 11.5 Å². The van der Waals surface area contributed by atoms with E-state index in [-0.39, 0.29) is 23.7 Å². The number of H-pyrrole nitrogens is 1. The van der Waals surface area contributed by atoms with Crippen molar-refractivity contribution >= 4 is 32.9 Å². The smallest absolute Gasteiger partial charge is 0.314 e. The number of hydrogen-bond donors (Lipinski definition) is 4. The van der Waals surface area contributed by atoms with E-state index in [9.17, 15) is 18.0 Å². The second-order valence-corrected chi connectivity index (χ2v) is 6.60. The van der Waals surface area contributed by atoms with Crippen LogP contribution in [0.1, 0.15) is 10.5 Å². The molecule has 0 saturated heterocycles. The number of nitrogens with one attached hydrogen (secondary N) is 2. The van der Waals surface area contributed by atoms with Crippen LogP contribution < -0.4 is 16.2 Å². The van der Waals surface area contributed by atoms with Gasteiger partial charge in [-0.2, -0.15) is 0 Å². The van der Waals surface area contributed by atoms with E-state index in [1.54, 1.807) is 24.3 Å². The molecule has 9 nitrogen and oxygen atoms in total. The maximum absolute atomic E-state index is 12.5. The third kappa shape index (κ3) is 3.43. The van der Waals surface area contributed by atoms with E-state index in [0.29, 0.717) is 10.9 Å². The molecule has 0 unspecified atom stereocenters. The quantitative estimate of drug-likeness (QED) is 0.563. The summed E-state index contributed by atoms with van der Waals surface area (Å²) >= 11 is 0. The molecule has 0 aliphatic rings. The van der Waals surface area contributed by atoms with E-state index in [2.05, 4.69) is 9.71 Å². The minimum atomic E-state index is -4.00. The number of para-hydroxylation sites is 1. The van der Waals surface area contributed by atoms with Gasteiger partial charge in [0, 0.05) is 31.0 Å². The summed E-state index contributed by atoms with van der Waals surface area (Å²) in [7, 11) is -2.56. The molecule has 0 saturated carbocycles. The molecule has 1 aromatic carbocycles. The summed E-state index contributed by atoms with van der Waals surface area (Å²) in [5.74, 6) is -0.879. The fourth-order valence-corrected chi connectivity index (χ4v) is 3.49. The van der Waals surface area contributed by atoms with Gasteiger partial charge in [0.2, 0.25) is 10.0 Å². The summed E-state index contributed by atoms with van der Waals surface area (Å²) < 4.78 is 27.4. The third-order valence-electron chi connectivity index (χ3n) is 3.29. The molecular formula is C13H17N5O4S. The fraction of sp³-hybridized carbons (Fsp3) is 0.231. The molecule has 1 aromatic heterocycles. The van der Waals surface area contributed by atoms with Crippen molar-refractivity contribution in [3.8, 4) is 0 Å². The van der Waals surface area contributed by atoms with Gasteiger partial charge in [-0.15, -0.1) is 0 Å². The number of carbonyl (C=O) groups excluding carboxylic acids is 2. The van der Waals surface area contributed by atoms with E-state index >= 15 is 0 Å². The molecule has 0 bridgehead atoms. The molecule has 0 atom stereocenters. The first kappa shape index (κ1) is 16.8. The van der Waals surface area contributed by atoms with Gasteiger partial charge in [0.05, 0.1) is 0 Å². The number of primary amides is 2. The lowest BCUT2D eigenvalue weighted by Gasteiger charge is -2.14. The van der Waals surface area contributed by atoms with Crippen LogP contribution in [-0.4, -0.2) is 50.4 Å². The molecular weight excluding hydrogens is 322 g/mol. The number of likely N-dealkylation sites (N-methyl/N-ethyl adjacent to an activating group) is 1. The molecule has 6 N–H and O–H groups in total. The SMILES string of the molecule is CN(CCNS(=O)(=O)c1c(C(N)=O)[nH]c2ccccc12)C(N)=O. The van der Waals surface area contributed by atoms with Crippen LogP contribution in [0.25, 0.3) is 10.9 Å². The Balaban J connectivity index is 2.35. The Morgan fingerprint density at radius 1 is 1.26 bits per heavy atom. The van der Waals surface area contributed by atoms with Gasteiger partial charge in [-0.1, -0.05) is 18.2 Å². The molecule has 2 aromatic rings. The van der Waals surface area contributed by atoms with Crippen molar-refractivity contribution in [3.63, 3.8) is 0 Å². The van der Waals surface area contributed by atoms with Gasteiger partial charge in [-0.3, -0.25) is 4.79 Å². The highest BCUT2D eigenvalue weighted by Crippen LogP contribution is 2.26. The second kappa shape index (κ2) is 6.26. The molecule has 0 radical (unpaired) electrons. The maximum Gasteiger partial charge on any atom is 0.314 e. The van der Waals surface area contributed by atoms with Gasteiger partial charge in [0.1, 0.15) is 10.6 Å². The predicted octanol–water partition coefficient (Wildman–Crippen LogP) is -0.444. The van der Waals surface area contributed by atoms with Crippen molar-refractivity contribution in [3.05, 3.63) is 30.0 Å². The number of fused-ring (bicyclic) bond motifs is 1. The first-order chi connectivity index (χ1) is 10.7. The molecule has 10 heteroatoms. The van der Waals surface area contributed by atoms with Crippen LogP contribution in [0.5, 0.6) is 0 Å². The number of aromatic amines is 1. The zero-order valence-corrected chi connectivity index (χ0v) is 13.2. The number of carbonyl (C=O) groups is 2. The van der Waals surface area contributed by atoms with Gasteiger partial charge in [0.15, 0.2) is 0 Å². The Morgan fingerprint density at radius 2 is 1.91 bits per heavy atom. The van der Waals surface area contributed by atoms with Crippen LogP contribution >= 0.6 is 0 Å². The van der Waals surface area contributed by atoms with E-state index in [1.165, 1.54) is 7.05 Å². The number of nitrogens with zero attached hydrogens (tertiary/aromatic N) is 1. The summed E-state index contributed by atoms with van der Waals surface area (Å²) in [5, 5.41) is 0.358. The standard InChI is InChI=1S/C13H17N5O4S/c1-18(13(15)20)7-6-16-23(21,22)11-8-4-2-3-5-9(8)17-10(11)12(14)19/h2-5,16-17H,6-7H2,1H3,(H2,14,19)(H2,15,20). The highest BCUT2D eigenvalue weighted by atomic mass is 32.2. The summed E-state index contributed by atoms with van der Waals surface area (Å²) in [6.45, 7) is 0.0301. The first-order valence-corrected chi connectivity index (χ1v) is 8.13. The first-order valence-electron chi connectivity index (χ1n) is 6.65. The largest absolute Gasteiger partial charge is 0.364 e.